The largest absolute Gasteiger partial charge is 0.926 e. The topological polar surface area (TPSA) is 107 Å². The lowest BCUT2D eigenvalue weighted by Gasteiger charge is -2.37. The zero-order valence-corrected chi connectivity index (χ0v) is 41.7. The van der Waals surface area contributed by atoms with E-state index in [1.54, 1.807) is 0 Å². The standard InChI is InChI=1S/3C14H31O3P.2Al/c3*1-2-3-4-5-6-7-8-9-10-11-12-13-14-18(15,16)17;;/h3*2-14H2,1H3,(H2,15,16,17);;/q;;;2*+3/p-6. The summed E-state index contributed by atoms with van der Waals surface area (Å²) in [7, 11) is -10.1. The average molecular weight is 883 g/mol. The molecule has 2 fully saturated rings. The van der Waals surface area contributed by atoms with Crippen molar-refractivity contribution in [3.8, 4) is 0 Å². The van der Waals surface area contributed by atoms with Crippen molar-refractivity contribution in [2.45, 2.75) is 252 Å². The second kappa shape index (κ2) is 35.0. The van der Waals surface area contributed by atoms with Crippen molar-refractivity contribution in [2.24, 2.45) is 0 Å². The van der Waals surface area contributed by atoms with E-state index in [1.165, 1.54) is 173 Å². The Bertz CT molecular complexity index is 989. The maximum atomic E-state index is 14.0. The predicted octanol–water partition coefficient (Wildman–Crippen LogP) is 16.8. The molecule has 0 aromatic carbocycles. The Morgan fingerprint density at radius 2 is 0.571 bits per heavy atom. The van der Waals surface area contributed by atoms with Gasteiger partial charge in [0.2, 0.25) is 0 Å². The molecule has 0 saturated carbocycles. The number of hydrogen-bond acceptors (Lipinski definition) is 9. The van der Waals surface area contributed by atoms with E-state index >= 15 is 0 Å². The van der Waals surface area contributed by atoms with Crippen LogP contribution in [0.5, 0.6) is 0 Å². The van der Waals surface area contributed by atoms with Crippen LogP contribution in [0.15, 0.2) is 0 Å². The van der Waals surface area contributed by atoms with Gasteiger partial charge in [0, 0.05) is 18.5 Å². The predicted molar refractivity (Wildman–Crippen MR) is 239 cm³/mol. The highest BCUT2D eigenvalue weighted by Crippen LogP contribution is 2.65. The quantitative estimate of drug-likeness (QED) is 0.0336. The van der Waals surface area contributed by atoms with Crippen LogP contribution in [-0.2, 0) is 35.1 Å². The molecule has 2 saturated heterocycles. The Morgan fingerprint density at radius 1 is 0.357 bits per heavy atom. The van der Waals surface area contributed by atoms with E-state index in [9.17, 15) is 13.7 Å². The van der Waals surface area contributed by atoms with E-state index in [0.717, 1.165) is 51.4 Å². The van der Waals surface area contributed by atoms with Crippen LogP contribution in [-0.4, -0.2) is 48.8 Å². The van der Waals surface area contributed by atoms with E-state index in [2.05, 4.69) is 20.8 Å². The zero-order valence-electron chi connectivity index (χ0n) is 36.7. The summed E-state index contributed by atoms with van der Waals surface area (Å²) in [5.74, 6) is 0. The molecule has 2 heterocycles. The van der Waals surface area contributed by atoms with Gasteiger partial charge in [0.1, 0.15) is 0 Å². The minimum atomic E-state index is -3.69. The summed E-state index contributed by atoms with van der Waals surface area (Å²) < 4.78 is 74.7. The first-order valence-electron chi connectivity index (χ1n) is 24.1. The monoisotopic (exact) mass is 883 g/mol. The molecule has 0 atom stereocenters. The molecule has 0 spiro atoms. The summed E-state index contributed by atoms with van der Waals surface area (Å²) in [5, 5.41) is 0. The highest BCUT2D eigenvalue weighted by atomic mass is 31.2. The van der Waals surface area contributed by atoms with E-state index < -0.39 is 53.1 Å². The zero-order chi connectivity index (χ0) is 40.5. The fraction of sp³-hybridized carbons (Fsp3) is 1.00. The van der Waals surface area contributed by atoms with Gasteiger partial charge in [-0.15, -0.1) is 0 Å². The summed E-state index contributed by atoms with van der Waals surface area (Å²) >= 11 is -5.72. The second-order valence-corrected chi connectivity index (χ2v) is 28.1. The molecule has 330 valence electrons. The third kappa shape index (κ3) is 28.2. The smallest absolute Gasteiger partial charge is 0.386 e. The molecule has 0 amide bonds. The Kier molecular flexibility index (Phi) is 33.6. The first-order chi connectivity index (χ1) is 27.3. The van der Waals surface area contributed by atoms with Gasteiger partial charge in [0.25, 0.3) is 22.8 Å². The van der Waals surface area contributed by atoms with E-state index in [-0.39, 0.29) is 6.16 Å². The lowest BCUT2D eigenvalue weighted by atomic mass is 10.1. The summed E-state index contributed by atoms with van der Waals surface area (Å²) in [6.07, 6.45) is 44.8. The first kappa shape index (κ1) is 53.7. The molecule has 9 nitrogen and oxygen atoms in total. The fourth-order valence-electron chi connectivity index (χ4n) is 7.66. The van der Waals surface area contributed by atoms with Gasteiger partial charge in [-0.05, 0) is 19.3 Å². The van der Waals surface area contributed by atoms with Crippen molar-refractivity contribution in [3.05, 3.63) is 0 Å². The molecule has 0 unspecified atom stereocenters. The van der Waals surface area contributed by atoms with Gasteiger partial charge >= 0.3 is 30.3 Å². The van der Waals surface area contributed by atoms with E-state index in [0.29, 0.717) is 18.7 Å². The molecule has 0 aliphatic carbocycles. The van der Waals surface area contributed by atoms with Crippen molar-refractivity contribution in [1.82, 2.24) is 0 Å². The summed E-state index contributed by atoms with van der Waals surface area (Å²) in [5.41, 5.74) is 0. The maximum Gasteiger partial charge on any atom is 0.926 e. The van der Waals surface area contributed by atoms with Crippen molar-refractivity contribution in [1.29, 1.82) is 0 Å². The number of rotatable bonds is 43. The van der Waals surface area contributed by atoms with Crippen LogP contribution in [0.3, 0.4) is 0 Å². The van der Waals surface area contributed by atoms with Crippen LogP contribution in [0.4, 0.5) is 0 Å². The van der Waals surface area contributed by atoms with Crippen molar-refractivity contribution in [3.63, 3.8) is 0 Å². The normalized spacial score (nSPS) is 16.3. The Labute approximate surface area is 356 Å². The van der Waals surface area contributed by atoms with Crippen molar-refractivity contribution < 1.29 is 35.1 Å². The van der Waals surface area contributed by atoms with Crippen molar-refractivity contribution >= 4 is 53.1 Å². The lowest BCUT2D eigenvalue weighted by molar-refractivity contribution is 0.174. The van der Waals surface area contributed by atoms with E-state index in [4.69, 9.17) is 21.5 Å². The number of hydrogen-bond donors (Lipinski definition) is 0. The molecule has 0 N–H and O–H groups in total. The molecule has 2 rings (SSSR count). The third-order valence-electron chi connectivity index (χ3n) is 11.3. The van der Waals surface area contributed by atoms with Gasteiger partial charge in [-0.3, -0.25) is 13.7 Å². The third-order valence-corrected chi connectivity index (χ3v) is 25.8. The van der Waals surface area contributed by atoms with E-state index in [1.807, 2.05) is 0 Å². The average Bonchev–Trinajstić information content (AvgIpc) is 3.15. The van der Waals surface area contributed by atoms with Gasteiger partial charge < -0.3 is 21.5 Å². The number of unbranched alkanes of at least 4 members (excludes halogenated alkanes) is 33. The summed E-state index contributed by atoms with van der Waals surface area (Å²) in [4.78, 5) is 0. The van der Waals surface area contributed by atoms with Gasteiger partial charge in [-0.2, -0.15) is 0 Å². The van der Waals surface area contributed by atoms with Gasteiger partial charge in [0.05, 0.1) is 0 Å². The molecule has 0 aromatic rings. The van der Waals surface area contributed by atoms with Crippen molar-refractivity contribution in [2.75, 3.05) is 18.5 Å². The van der Waals surface area contributed by atoms with Crippen LogP contribution in [0.25, 0.3) is 0 Å². The summed E-state index contributed by atoms with van der Waals surface area (Å²) in [6.45, 7) is 6.77. The highest BCUT2D eigenvalue weighted by Gasteiger charge is 2.62. The minimum absolute atomic E-state index is 0.197. The Morgan fingerprint density at radius 3 is 0.821 bits per heavy atom. The Hall–Kier alpha value is 1.51. The molecule has 2 aliphatic heterocycles. The molecule has 14 heteroatoms. The van der Waals surface area contributed by atoms with Gasteiger partial charge in [-0.25, -0.2) is 0 Å². The fourth-order valence-corrected chi connectivity index (χ4v) is 21.1. The minimum Gasteiger partial charge on any atom is -0.386 e. The SMILES string of the molecule is CCCCCCCCCCCCCCP1(=O)[O][Al]([O]P(=O)(CCCCCCCCCCCCCC)[O][Al]2[O]P(=O)(CCCCCCCCCCCCCC)[O]2)[O]1. The Balaban J connectivity index is 1.65. The molecule has 0 aromatic heterocycles. The van der Waals surface area contributed by atoms with Crippen LogP contribution in [0, 0.1) is 0 Å². The second-order valence-electron chi connectivity index (χ2n) is 16.9. The molecule has 2 aliphatic rings. The molecular formula is C42H87Al2O9P3. The molecule has 0 radical (unpaired) electrons. The summed E-state index contributed by atoms with van der Waals surface area (Å²) in [6, 6.07) is 0. The van der Waals surface area contributed by atoms with Gasteiger partial charge in [0.15, 0.2) is 0 Å². The van der Waals surface area contributed by atoms with Crippen LogP contribution in [0.1, 0.15) is 252 Å². The lowest BCUT2D eigenvalue weighted by Crippen LogP contribution is -2.38. The van der Waals surface area contributed by atoms with Gasteiger partial charge in [-0.1, -0.05) is 233 Å². The highest BCUT2D eigenvalue weighted by molar-refractivity contribution is 7.62. The first-order valence-corrected chi connectivity index (χ1v) is 32.1. The molecular weight excluding hydrogens is 795 g/mol. The van der Waals surface area contributed by atoms with Crippen LogP contribution >= 0.6 is 22.8 Å². The van der Waals surface area contributed by atoms with Crippen LogP contribution < -0.4 is 0 Å². The van der Waals surface area contributed by atoms with Crippen LogP contribution in [0.2, 0.25) is 0 Å². The molecule has 0 bridgehead atoms. The maximum absolute atomic E-state index is 14.0. The molecule has 56 heavy (non-hydrogen) atoms.